The molecule has 0 bridgehead atoms. The van der Waals surface area contributed by atoms with Gasteiger partial charge in [0.25, 0.3) is 0 Å². The molecule has 3 unspecified atom stereocenters. The molecule has 4 aliphatic rings. The quantitative estimate of drug-likeness (QED) is 0.729. The Bertz CT molecular complexity index is 295. The summed E-state index contributed by atoms with van der Waals surface area (Å²) >= 11 is 0. The van der Waals surface area contributed by atoms with Crippen molar-refractivity contribution in [2.24, 2.45) is 0 Å². The maximum absolute atomic E-state index is 6.11. The molecule has 19 heavy (non-hydrogen) atoms. The monoisotopic (exact) mass is 265 g/mol. The first-order chi connectivity index (χ1) is 9.38. The molecule has 0 saturated carbocycles. The Labute approximate surface area is 116 Å². The fourth-order valence-electron chi connectivity index (χ4n) is 4.51. The van der Waals surface area contributed by atoms with Gasteiger partial charge in [-0.05, 0) is 38.8 Å². The molecule has 4 saturated heterocycles. The lowest BCUT2D eigenvalue weighted by Crippen LogP contribution is -2.55. The fraction of sp³-hybridized carbons (Fsp3) is 1.00. The lowest BCUT2D eigenvalue weighted by molar-refractivity contribution is -0.0668. The van der Waals surface area contributed by atoms with E-state index in [9.17, 15) is 0 Å². The van der Waals surface area contributed by atoms with Gasteiger partial charge in [-0.15, -0.1) is 0 Å². The number of piperazine rings is 1. The third-order valence-electron chi connectivity index (χ3n) is 5.59. The molecule has 4 aliphatic heterocycles. The molecule has 0 aromatic heterocycles. The van der Waals surface area contributed by atoms with Gasteiger partial charge in [0.2, 0.25) is 0 Å². The minimum atomic E-state index is 0.460. The van der Waals surface area contributed by atoms with E-state index in [1.54, 1.807) is 0 Å². The van der Waals surface area contributed by atoms with Crippen LogP contribution in [-0.2, 0) is 4.74 Å². The van der Waals surface area contributed by atoms with Crippen molar-refractivity contribution in [3.05, 3.63) is 0 Å². The van der Waals surface area contributed by atoms with Gasteiger partial charge in [-0.25, -0.2) is 0 Å². The van der Waals surface area contributed by atoms with Gasteiger partial charge in [-0.2, -0.15) is 0 Å². The van der Waals surface area contributed by atoms with E-state index >= 15 is 0 Å². The average molecular weight is 265 g/mol. The topological polar surface area (TPSA) is 19.0 Å². The van der Waals surface area contributed by atoms with E-state index < -0.39 is 0 Å². The first-order valence-corrected chi connectivity index (χ1v) is 8.20. The Balaban J connectivity index is 1.29. The van der Waals surface area contributed by atoms with Crippen LogP contribution in [0.25, 0.3) is 0 Å². The molecule has 0 aliphatic carbocycles. The minimum Gasteiger partial charge on any atom is -0.374 e. The summed E-state index contributed by atoms with van der Waals surface area (Å²) in [5.74, 6) is 0. The summed E-state index contributed by atoms with van der Waals surface area (Å²) in [4.78, 5) is 8.02. The minimum absolute atomic E-state index is 0.460. The van der Waals surface area contributed by atoms with E-state index in [-0.39, 0.29) is 0 Å². The Morgan fingerprint density at radius 1 is 0.842 bits per heavy atom. The van der Waals surface area contributed by atoms with Crippen molar-refractivity contribution >= 4 is 0 Å². The lowest BCUT2D eigenvalue weighted by atomic mass is 10.1. The highest BCUT2D eigenvalue weighted by Gasteiger charge is 2.35. The van der Waals surface area contributed by atoms with Crippen LogP contribution in [0.2, 0.25) is 0 Å². The van der Waals surface area contributed by atoms with E-state index in [2.05, 4.69) is 14.7 Å². The highest BCUT2D eigenvalue weighted by molar-refractivity contribution is 4.90. The van der Waals surface area contributed by atoms with E-state index in [0.717, 1.165) is 25.2 Å². The summed E-state index contributed by atoms with van der Waals surface area (Å²) in [5.41, 5.74) is 0. The Morgan fingerprint density at radius 3 is 2.63 bits per heavy atom. The maximum Gasteiger partial charge on any atom is 0.0829 e. The summed E-state index contributed by atoms with van der Waals surface area (Å²) in [6.45, 7) is 9.78. The molecule has 0 amide bonds. The van der Waals surface area contributed by atoms with Gasteiger partial charge in [0.15, 0.2) is 0 Å². The Morgan fingerprint density at radius 2 is 1.68 bits per heavy atom. The molecule has 108 valence electrons. The fourth-order valence-corrected chi connectivity index (χ4v) is 4.51. The van der Waals surface area contributed by atoms with Gasteiger partial charge in [-0.1, -0.05) is 0 Å². The molecule has 4 heterocycles. The summed E-state index contributed by atoms with van der Waals surface area (Å²) in [6, 6.07) is 1.58. The van der Waals surface area contributed by atoms with Crippen LogP contribution in [0.5, 0.6) is 0 Å². The van der Waals surface area contributed by atoms with Crippen LogP contribution in [-0.4, -0.2) is 85.3 Å². The number of hydrogen-bond acceptors (Lipinski definition) is 4. The second kappa shape index (κ2) is 5.32. The number of fused-ring (bicyclic) bond motifs is 2. The average Bonchev–Trinajstić information content (AvgIpc) is 3.05. The third kappa shape index (κ3) is 2.56. The molecule has 0 radical (unpaired) electrons. The first kappa shape index (κ1) is 12.6. The van der Waals surface area contributed by atoms with Crippen molar-refractivity contribution in [1.82, 2.24) is 14.7 Å². The standard InChI is InChI=1S/C15H27N3O/c1-3-13-9-16(7-8-17(13)5-1)10-15-11-18-6-2-4-14(18)12-19-15/h13-15H,1-12H2. The maximum atomic E-state index is 6.11. The van der Waals surface area contributed by atoms with Crippen LogP contribution >= 0.6 is 0 Å². The molecule has 4 rings (SSSR count). The highest BCUT2D eigenvalue weighted by atomic mass is 16.5. The van der Waals surface area contributed by atoms with Crippen LogP contribution in [0, 0.1) is 0 Å². The van der Waals surface area contributed by atoms with Gasteiger partial charge >= 0.3 is 0 Å². The number of ether oxygens (including phenoxy) is 1. The van der Waals surface area contributed by atoms with E-state index in [0.29, 0.717) is 6.10 Å². The molecular formula is C15H27N3O. The van der Waals surface area contributed by atoms with E-state index in [1.165, 1.54) is 65.0 Å². The second-order valence-electron chi connectivity index (χ2n) is 6.84. The molecule has 0 aromatic rings. The zero-order valence-corrected chi connectivity index (χ0v) is 12.0. The summed E-state index contributed by atoms with van der Waals surface area (Å²) in [5, 5.41) is 0. The van der Waals surface area contributed by atoms with Crippen molar-refractivity contribution in [2.45, 2.75) is 43.9 Å². The lowest BCUT2D eigenvalue weighted by Gasteiger charge is -2.41. The zero-order valence-electron chi connectivity index (χ0n) is 12.0. The predicted molar refractivity (Wildman–Crippen MR) is 75.4 cm³/mol. The predicted octanol–water partition coefficient (Wildman–Crippen LogP) is 0.630. The van der Waals surface area contributed by atoms with Crippen molar-refractivity contribution in [2.75, 3.05) is 52.4 Å². The van der Waals surface area contributed by atoms with Crippen LogP contribution in [0.1, 0.15) is 25.7 Å². The third-order valence-corrected chi connectivity index (χ3v) is 5.59. The summed E-state index contributed by atoms with van der Waals surface area (Å²) in [7, 11) is 0. The van der Waals surface area contributed by atoms with Gasteiger partial charge < -0.3 is 4.74 Å². The van der Waals surface area contributed by atoms with Gasteiger partial charge in [0, 0.05) is 44.8 Å². The summed E-state index contributed by atoms with van der Waals surface area (Å²) < 4.78 is 6.11. The molecule has 4 fully saturated rings. The van der Waals surface area contributed by atoms with Crippen molar-refractivity contribution in [1.29, 1.82) is 0 Å². The molecule has 3 atom stereocenters. The van der Waals surface area contributed by atoms with Crippen LogP contribution in [0.3, 0.4) is 0 Å². The van der Waals surface area contributed by atoms with Crippen LogP contribution < -0.4 is 0 Å². The van der Waals surface area contributed by atoms with Crippen LogP contribution in [0.15, 0.2) is 0 Å². The molecule has 0 N–H and O–H groups in total. The number of morpholine rings is 1. The smallest absolute Gasteiger partial charge is 0.0829 e. The number of nitrogens with zero attached hydrogens (tertiary/aromatic N) is 3. The second-order valence-corrected chi connectivity index (χ2v) is 6.84. The normalized spacial score (nSPS) is 41.4. The van der Waals surface area contributed by atoms with E-state index in [4.69, 9.17) is 4.74 Å². The molecule has 0 spiro atoms. The van der Waals surface area contributed by atoms with Gasteiger partial charge in [0.1, 0.15) is 0 Å². The molecular weight excluding hydrogens is 238 g/mol. The first-order valence-electron chi connectivity index (χ1n) is 8.20. The van der Waals surface area contributed by atoms with Crippen molar-refractivity contribution in [3.8, 4) is 0 Å². The highest BCUT2D eigenvalue weighted by Crippen LogP contribution is 2.25. The van der Waals surface area contributed by atoms with Crippen molar-refractivity contribution < 1.29 is 4.74 Å². The largest absolute Gasteiger partial charge is 0.374 e. The van der Waals surface area contributed by atoms with E-state index in [1.807, 2.05) is 0 Å². The van der Waals surface area contributed by atoms with Gasteiger partial charge in [-0.3, -0.25) is 14.7 Å². The Kier molecular flexibility index (Phi) is 3.52. The van der Waals surface area contributed by atoms with Gasteiger partial charge in [0.05, 0.1) is 12.7 Å². The van der Waals surface area contributed by atoms with Crippen molar-refractivity contribution in [3.63, 3.8) is 0 Å². The molecule has 4 nitrogen and oxygen atoms in total. The number of hydrogen-bond donors (Lipinski definition) is 0. The molecule has 0 aromatic carbocycles. The summed E-state index contributed by atoms with van der Waals surface area (Å²) in [6.07, 6.45) is 6.02. The number of rotatable bonds is 2. The Hall–Kier alpha value is -0.160. The zero-order chi connectivity index (χ0) is 12.7. The SMILES string of the molecule is C1CC2CN(CC3CN4CCCC4CO3)CCN2C1. The molecule has 4 heteroatoms. The van der Waals surface area contributed by atoms with Crippen LogP contribution in [0.4, 0.5) is 0 Å².